The second-order valence-corrected chi connectivity index (χ2v) is 7.86. The minimum Gasteiger partial charge on any atom is -0.356 e. The second-order valence-electron chi connectivity index (χ2n) is 7.08. The van der Waals surface area contributed by atoms with Gasteiger partial charge in [-0.2, -0.15) is 0 Å². The molecule has 1 aliphatic rings. The standard InChI is InChI=1S/C20H29Cl2N3O2/c1-2-3-4-5-11-23-20(27)15-8-7-12-25(13-15)14-18(26)24-17-10-6-9-16(21)19(17)22/h6,9-10,15H,2-5,7-8,11-14H2,1H3,(H,23,27)(H,24,26). The van der Waals surface area contributed by atoms with E-state index in [0.29, 0.717) is 22.3 Å². The minimum absolute atomic E-state index is 0.0486. The van der Waals surface area contributed by atoms with E-state index >= 15 is 0 Å². The normalized spacial score (nSPS) is 17.5. The largest absolute Gasteiger partial charge is 0.356 e. The van der Waals surface area contributed by atoms with Gasteiger partial charge in [0.25, 0.3) is 0 Å². The molecule has 1 fully saturated rings. The predicted molar refractivity (Wildman–Crippen MR) is 111 cm³/mol. The minimum atomic E-state index is -0.153. The molecule has 5 nitrogen and oxygen atoms in total. The number of carbonyl (C=O) groups is 2. The monoisotopic (exact) mass is 413 g/mol. The number of hydrogen-bond acceptors (Lipinski definition) is 3. The van der Waals surface area contributed by atoms with Crippen LogP contribution in [0, 0.1) is 5.92 Å². The highest BCUT2D eigenvalue weighted by molar-refractivity contribution is 6.44. The van der Waals surface area contributed by atoms with Crippen LogP contribution in [0.2, 0.25) is 10.0 Å². The third-order valence-electron chi connectivity index (χ3n) is 4.80. The molecular weight excluding hydrogens is 385 g/mol. The summed E-state index contributed by atoms with van der Waals surface area (Å²) in [4.78, 5) is 26.7. The van der Waals surface area contributed by atoms with Crippen LogP contribution in [0.15, 0.2) is 18.2 Å². The summed E-state index contributed by atoms with van der Waals surface area (Å²) in [5, 5.41) is 6.58. The van der Waals surface area contributed by atoms with E-state index in [1.807, 2.05) is 4.90 Å². The SMILES string of the molecule is CCCCCCNC(=O)C1CCCN(CC(=O)Nc2cccc(Cl)c2Cl)C1. The molecule has 1 aliphatic heterocycles. The Morgan fingerprint density at radius 3 is 2.81 bits per heavy atom. The maximum absolute atomic E-state index is 12.4. The van der Waals surface area contributed by atoms with Crippen molar-refractivity contribution >= 4 is 40.7 Å². The first-order valence-electron chi connectivity index (χ1n) is 9.75. The number of nitrogens with zero attached hydrogens (tertiary/aromatic N) is 1. The molecule has 2 amide bonds. The summed E-state index contributed by atoms with van der Waals surface area (Å²) in [6.07, 6.45) is 6.36. The molecule has 7 heteroatoms. The lowest BCUT2D eigenvalue weighted by molar-refractivity contribution is -0.127. The molecule has 1 atom stereocenters. The lowest BCUT2D eigenvalue weighted by Gasteiger charge is -2.31. The van der Waals surface area contributed by atoms with E-state index in [2.05, 4.69) is 17.6 Å². The van der Waals surface area contributed by atoms with Crippen molar-refractivity contribution in [1.82, 2.24) is 10.2 Å². The average molecular weight is 414 g/mol. The molecule has 1 unspecified atom stereocenters. The Balaban J connectivity index is 1.77. The van der Waals surface area contributed by atoms with Gasteiger partial charge in [0.05, 0.1) is 28.2 Å². The zero-order valence-electron chi connectivity index (χ0n) is 15.9. The molecule has 0 spiro atoms. The van der Waals surface area contributed by atoms with Crippen molar-refractivity contribution in [2.75, 3.05) is 31.5 Å². The van der Waals surface area contributed by atoms with Crippen LogP contribution in [0.4, 0.5) is 5.69 Å². The molecule has 1 aromatic rings. The van der Waals surface area contributed by atoms with Gasteiger partial charge in [0.1, 0.15) is 0 Å². The van der Waals surface area contributed by atoms with Gasteiger partial charge in [-0.15, -0.1) is 0 Å². The molecule has 0 aliphatic carbocycles. The maximum atomic E-state index is 12.4. The Morgan fingerprint density at radius 2 is 2.04 bits per heavy atom. The summed E-state index contributed by atoms with van der Waals surface area (Å²) in [5.41, 5.74) is 0.507. The summed E-state index contributed by atoms with van der Waals surface area (Å²) >= 11 is 12.1. The third kappa shape index (κ3) is 7.32. The van der Waals surface area contributed by atoms with Crippen LogP contribution in [-0.4, -0.2) is 42.9 Å². The van der Waals surface area contributed by atoms with Gasteiger partial charge in [0.2, 0.25) is 11.8 Å². The van der Waals surface area contributed by atoms with E-state index in [0.717, 1.165) is 38.8 Å². The number of halogens is 2. The van der Waals surface area contributed by atoms with Gasteiger partial charge in [0, 0.05) is 13.1 Å². The number of rotatable bonds is 9. The number of hydrogen-bond donors (Lipinski definition) is 2. The molecule has 0 radical (unpaired) electrons. The Labute approximate surface area is 171 Å². The van der Waals surface area contributed by atoms with Crippen LogP contribution in [0.3, 0.4) is 0 Å². The van der Waals surface area contributed by atoms with Gasteiger partial charge in [-0.25, -0.2) is 0 Å². The fraction of sp³-hybridized carbons (Fsp3) is 0.600. The number of nitrogens with one attached hydrogen (secondary N) is 2. The molecule has 1 heterocycles. The summed E-state index contributed by atoms with van der Waals surface area (Å²) in [7, 11) is 0. The maximum Gasteiger partial charge on any atom is 0.238 e. The Bertz CT molecular complexity index is 640. The molecule has 1 saturated heterocycles. The fourth-order valence-corrected chi connectivity index (χ4v) is 3.66. The van der Waals surface area contributed by atoms with Gasteiger partial charge < -0.3 is 10.6 Å². The van der Waals surface area contributed by atoms with Gasteiger partial charge in [0.15, 0.2) is 0 Å². The van der Waals surface area contributed by atoms with E-state index in [-0.39, 0.29) is 24.3 Å². The number of unbranched alkanes of at least 4 members (excludes halogenated alkanes) is 3. The number of benzene rings is 1. The predicted octanol–water partition coefficient (Wildman–Crippen LogP) is 4.34. The molecule has 0 saturated carbocycles. The first-order valence-corrected chi connectivity index (χ1v) is 10.5. The van der Waals surface area contributed by atoms with Crippen LogP contribution in [0.1, 0.15) is 45.4 Å². The van der Waals surface area contributed by atoms with Crippen molar-refractivity contribution in [3.05, 3.63) is 28.2 Å². The number of amides is 2. The molecule has 0 aromatic heterocycles. The topological polar surface area (TPSA) is 61.4 Å². The van der Waals surface area contributed by atoms with Crippen LogP contribution in [-0.2, 0) is 9.59 Å². The Hall–Kier alpha value is -1.30. The Morgan fingerprint density at radius 1 is 1.22 bits per heavy atom. The van der Waals surface area contributed by atoms with Crippen LogP contribution in [0.25, 0.3) is 0 Å². The zero-order chi connectivity index (χ0) is 19.6. The van der Waals surface area contributed by atoms with E-state index in [1.54, 1.807) is 18.2 Å². The van der Waals surface area contributed by atoms with E-state index in [1.165, 1.54) is 12.8 Å². The Kier molecular flexibility index (Phi) is 9.39. The third-order valence-corrected chi connectivity index (χ3v) is 5.62. The van der Waals surface area contributed by atoms with E-state index in [4.69, 9.17) is 23.2 Å². The molecule has 2 rings (SSSR count). The molecule has 2 N–H and O–H groups in total. The van der Waals surface area contributed by atoms with Crippen LogP contribution >= 0.6 is 23.2 Å². The number of piperidine rings is 1. The smallest absolute Gasteiger partial charge is 0.238 e. The van der Waals surface area contributed by atoms with E-state index < -0.39 is 0 Å². The summed E-state index contributed by atoms with van der Waals surface area (Å²) < 4.78 is 0. The molecule has 0 bridgehead atoms. The highest BCUT2D eigenvalue weighted by Gasteiger charge is 2.26. The summed E-state index contributed by atoms with van der Waals surface area (Å²) in [6.45, 7) is 4.58. The number of anilines is 1. The van der Waals surface area contributed by atoms with E-state index in [9.17, 15) is 9.59 Å². The first-order chi connectivity index (χ1) is 13.0. The lowest BCUT2D eigenvalue weighted by Crippen LogP contribution is -2.45. The van der Waals surface area contributed by atoms with Gasteiger partial charge in [-0.3, -0.25) is 14.5 Å². The highest BCUT2D eigenvalue weighted by Crippen LogP contribution is 2.29. The fourth-order valence-electron chi connectivity index (χ4n) is 3.31. The summed E-state index contributed by atoms with van der Waals surface area (Å²) in [6, 6.07) is 5.14. The number of likely N-dealkylation sites (tertiary alicyclic amines) is 1. The van der Waals surface area contributed by atoms with Crippen molar-refractivity contribution in [2.24, 2.45) is 5.92 Å². The molecule has 27 heavy (non-hydrogen) atoms. The highest BCUT2D eigenvalue weighted by atomic mass is 35.5. The molecular formula is C20H29Cl2N3O2. The van der Waals surface area contributed by atoms with Crippen molar-refractivity contribution in [3.8, 4) is 0 Å². The van der Waals surface area contributed by atoms with Gasteiger partial charge >= 0.3 is 0 Å². The van der Waals surface area contributed by atoms with Crippen molar-refractivity contribution in [1.29, 1.82) is 0 Å². The van der Waals surface area contributed by atoms with Crippen molar-refractivity contribution < 1.29 is 9.59 Å². The van der Waals surface area contributed by atoms with Gasteiger partial charge in [-0.1, -0.05) is 55.5 Å². The van der Waals surface area contributed by atoms with Gasteiger partial charge in [-0.05, 0) is 37.9 Å². The van der Waals surface area contributed by atoms with Crippen LogP contribution < -0.4 is 10.6 Å². The lowest BCUT2D eigenvalue weighted by atomic mass is 9.97. The number of carbonyl (C=O) groups excluding carboxylic acids is 2. The summed E-state index contributed by atoms with van der Waals surface area (Å²) in [5.74, 6) is -0.0956. The molecule has 150 valence electrons. The average Bonchev–Trinajstić information content (AvgIpc) is 2.65. The zero-order valence-corrected chi connectivity index (χ0v) is 17.4. The van der Waals surface area contributed by atoms with Crippen molar-refractivity contribution in [2.45, 2.75) is 45.4 Å². The van der Waals surface area contributed by atoms with Crippen molar-refractivity contribution in [3.63, 3.8) is 0 Å². The first kappa shape index (κ1) is 22.0. The quantitative estimate of drug-likeness (QED) is 0.591. The molecule has 1 aromatic carbocycles. The second kappa shape index (κ2) is 11.5. The van der Waals surface area contributed by atoms with Crippen LogP contribution in [0.5, 0.6) is 0 Å².